The van der Waals surface area contributed by atoms with E-state index in [9.17, 15) is 0 Å². The molecule has 0 aromatic heterocycles. The predicted octanol–water partition coefficient (Wildman–Crippen LogP) is 5.75. The molecular formula is C15H43O5Si6. The summed E-state index contributed by atoms with van der Waals surface area (Å²) >= 11 is 0. The van der Waals surface area contributed by atoms with Gasteiger partial charge in [0.25, 0.3) is 0 Å². The molecule has 0 atom stereocenters. The smallest absolute Gasteiger partial charge is 0.417 e. The second-order valence-electron chi connectivity index (χ2n) is 10.8. The van der Waals surface area contributed by atoms with Gasteiger partial charge >= 0.3 is 17.6 Å². The Hall–Kier alpha value is 1.10. The quantitative estimate of drug-likeness (QED) is 0.359. The van der Waals surface area contributed by atoms with Gasteiger partial charge in [0.15, 0.2) is 33.3 Å². The lowest BCUT2D eigenvalue weighted by Crippen LogP contribution is -2.65. The molecule has 0 heterocycles. The Kier molecular flexibility index (Phi) is 9.23. The van der Waals surface area contributed by atoms with E-state index in [-0.39, 0.29) is 0 Å². The summed E-state index contributed by atoms with van der Waals surface area (Å²) in [6.45, 7) is 32.2. The highest BCUT2D eigenvalue weighted by atomic mass is 28.5. The van der Waals surface area contributed by atoms with Crippen LogP contribution in [0.2, 0.25) is 91.2 Å². The van der Waals surface area contributed by atoms with Crippen LogP contribution in [0.1, 0.15) is 0 Å². The van der Waals surface area contributed by atoms with Gasteiger partial charge < -0.3 is 20.6 Å². The minimum Gasteiger partial charge on any atom is -0.417 e. The first-order valence-electron chi connectivity index (χ1n) is 9.39. The van der Waals surface area contributed by atoms with E-state index in [1.165, 1.54) is 0 Å². The average Bonchev–Trinajstić information content (AvgIpc) is 2.16. The van der Waals surface area contributed by atoms with Gasteiger partial charge in [-0.2, -0.15) is 0 Å². The summed E-state index contributed by atoms with van der Waals surface area (Å²) in [5, 5.41) is 0. The average molecular weight is 472 g/mol. The maximum Gasteiger partial charge on any atom is 0.472 e. The summed E-state index contributed by atoms with van der Waals surface area (Å²) in [5.41, 5.74) is 0. The van der Waals surface area contributed by atoms with Crippen LogP contribution in [0.3, 0.4) is 0 Å². The van der Waals surface area contributed by atoms with E-state index in [4.69, 9.17) is 20.6 Å². The SMILES string of the molecule is [CH2]C[Si](O[Si](C)(C)C)(O[Si](C)(C)C)O[Si](C)(O[Si](C)(C)C)O[Si](C)(C)C. The van der Waals surface area contributed by atoms with Gasteiger partial charge in [-0.25, -0.2) is 0 Å². The molecule has 0 spiro atoms. The highest BCUT2D eigenvalue weighted by molar-refractivity contribution is 6.92. The third-order valence-electron chi connectivity index (χ3n) is 2.55. The van der Waals surface area contributed by atoms with Crippen LogP contribution < -0.4 is 0 Å². The zero-order chi connectivity index (χ0) is 21.2. The van der Waals surface area contributed by atoms with Crippen LogP contribution in [0.4, 0.5) is 0 Å². The Balaban J connectivity index is 6.01. The van der Waals surface area contributed by atoms with E-state index in [0.29, 0.717) is 6.04 Å². The molecule has 0 aliphatic rings. The van der Waals surface area contributed by atoms with Crippen molar-refractivity contribution in [2.75, 3.05) is 0 Å². The van der Waals surface area contributed by atoms with Crippen molar-refractivity contribution < 1.29 is 20.6 Å². The molecule has 0 N–H and O–H groups in total. The van der Waals surface area contributed by atoms with Crippen LogP contribution in [0.25, 0.3) is 0 Å². The third-order valence-corrected chi connectivity index (χ3v) is 21.1. The topological polar surface area (TPSA) is 46.2 Å². The largest absolute Gasteiger partial charge is 0.472 e. The molecule has 0 bridgehead atoms. The number of rotatable bonds is 11. The van der Waals surface area contributed by atoms with Crippen LogP contribution in [0, 0.1) is 6.92 Å². The molecule has 26 heavy (non-hydrogen) atoms. The summed E-state index contributed by atoms with van der Waals surface area (Å²) in [6, 6.07) is 0.494. The highest BCUT2D eigenvalue weighted by Gasteiger charge is 2.55. The van der Waals surface area contributed by atoms with Gasteiger partial charge in [-0.3, -0.25) is 0 Å². The second-order valence-corrected chi connectivity index (χ2v) is 35.3. The molecule has 0 rings (SSSR count). The summed E-state index contributed by atoms with van der Waals surface area (Å²) in [6.07, 6.45) is 0. The van der Waals surface area contributed by atoms with Gasteiger partial charge in [0.1, 0.15) is 0 Å². The Morgan fingerprint density at radius 1 is 0.462 bits per heavy atom. The van der Waals surface area contributed by atoms with Gasteiger partial charge in [0.05, 0.1) is 0 Å². The van der Waals surface area contributed by atoms with Crippen molar-refractivity contribution in [1.29, 1.82) is 0 Å². The fourth-order valence-corrected chi connectivity index (χ4v) is 25.7. The molecular weight excluding hydrogens is 429 g/mol. The maximum absolute atomic E-state index is 6.74. The molecule has 0 aromatic carbocycles. The van der Waals surface area contributed by atoms with E-state index in [1.54, 1.807) is 0 Å². The van der Waals surface area contributed by atoms with Gasteiger partial charge in [-0.1, -0.05) is 0 Å². The molecule has 5 nitrogen and oxygen atoms in total. The van der Waals surface area contributed by atoms with Crippen LogP contribution in [-0.4, -0.2) is 50.9 Å². The molecule has 0 unspecified atom stereocenters. The van der Waals surface area contributed by atoms with Gasteiger partial charge in [0.2, 0.25) is 0 Å². The fourth-order valence-electron chi connectivity index (χ4n) is 2.61. The number of hydrogen-bond acceptors (Lipinski definition) is 5. The standard InChI is InChI=1S/C15H43O5Si6/c1-15-26(18-23(8,9)10,19-24(11,12)13)20-25(14,16-21(2,3)4)17-22(5,6)7/h1,15H2,2-14H3. The Bertz CT molecular complexity index is 415. The lowest BCUT2D eigenvalue weighted by Gasteiger charge is -2.45. The first-order valence-corrected chi connectivity index (χ1v) is 27.2. The first kappa shape index (κ1) is 27.1. The molecule has 0 aliphatic heterocycles. The minimum absolute atomic E-state index is 0.494. The first-order chi connectivity index (χ1) is 11.1. The molecule has 0 saturated heterocycles. The third kappa shape index (κ3) is 12.5. The Morgan fingerprint density at radius 2 is 0.731 bits per heavy atom. The van der Waals surface area contributed by atoms with Crippen LogP contribution in [-0.2, 0) is 20.6 Å². The van der Waals surface area contributed by atoms with Gasteiger partial charge in [-0.05, 0) is 85.5 Å². The molecule has 0 amide bonds. The Labute approximate surface area is 169 Å². The lowest BCUT2D eigenvalue weighted by molar-refractivity contribution is 0.181. The fraction of sp³-hybridized carbons (Fsp3) is 0.933. The molecule has 11 heteroatoms. The van der Waals surface area contributed by atoms with Crippen LogP contribution in [0.5, 0.6) is 0 Å². The van der Waals surface area contributed by atoms with Crippen molar-refractivity contribution in [1.82, 2.24) is 0 Å². The monoisotopic (exact) mass is 471 g/mol. The van der Waals surface area contributed by atoms with E-state index >= 15 is 0 Å². The van der Waals surface area contributed by atoms with Gasteiger partial charge in [0, 0.05) is 12.6 Å². The van der Waals surface area contributed by atoms with Crippen LogP contribution in [0.15, 0.2) is 0 Å². The van der Waals surface area contributed by atoms with Crippen molar-refractivity contribution in [3.8, 4) is 0 Å². The second kappa shape index (κ2) is 8.85. The molecule has 0 saturated carbocycles. The minimum atomic E-state index is -3.01. The van der Waals surface area contributed by atoms with Crippen molar-refractivity contribution in [2.45, 2.75) is 91.2 Å². The maximum atomic E-state index is 6.74. The molecule has 0 aliphatic carbocycles. The lowest BCUT2D eigenvalue weighted by atomic mass is 11.0. The molecule has 0 fully saturated rings. The Morgan fingerprint density at radius 3 is 0.923 bits per heavy atom. The van der Waals surface area contributed by atoms with E-state index < -0.39 is 50.9 Å². The predicted molar refractivity (Wildman–Crippen MR) is 126 cm³/mol. The van der Waals surface area contributed by atoms with E-state index in [2.05, 4.69) is 85.5 Å². The number of hydrogen-bond donors (Lipinski definition) is 0. The molecule has 0 aromatic rings. The summed E-state index contributed by atoms with van der Waals surface area (Å²) in [7, 11) is -13.5. The molecule has 157 valence electrons. The van der Waals surface area contributed by atoms with Crippen molar-refractivity contribution in [3.05, 3.63) is 6.92 Å². The summed E-state index contributed by atoms with van der Waals surface area (Å²) in [5.74, 6) is 0. The van der Waals surface area contributed by atoms with Crippen molar-refractivity contribution in [2.24, 2.45) is 0 Å². The van der Waals surface area contributed by atoms with E-state index in [0.717, 1.165) is 0 Å². The zero-order valence-electron chi connectivity index (χ0n) is 19.5. The van der Waals surface area contributed by atoms with Crippen molar-refractivity contribution in [3.63, 3.8) is 0 Å². The van der Waals surface area contributed by atoms with Gasteiger partial charge in [-0.15, -0.1) is 0 Å². The normalized spacial score (nSPS) is 15.5. The molecule has 1 radical (unpaired) electrons. The van der Waals surface area contributed by atoms with Crippen molar-refractivity contribution >= 4 is 50.9 Å². The summed E-state index contributed by atoms with van der Waals surface area (Å²) in [4.78, 5) is 0. The summed E-state index contributed by atoms with van der Waals surface area (Å²) < 4.78 is 33.0. The van der Waals surface area contributed by atoms with Crippen LogP contribution >= 0.6 is 0 Å². The highest BCUT2D eigenvalue weighted by Crippen LogP contribution is 2.32. The van der Waals surface area contributed by atoms with E-state index in [1.807, 2.05) is 6.55 Å². The zero-order valence-corrected chi connectivity index (χ0v) is 25.5.